The van der Waals surface area contributed by atoms with Crippen molar-refractivity contribution in [3.05, 3.63) is 29.9 Å². The number of nitrogens with zero attached hydrogens (tertiary/aromatic N) is 5. The van der Waals surface area contributed by atoms with Crippen LogP contribution in [-0.2, 0) is 0 Å². The number of anilines is 3. The number of hydrogen-bond acceptors (Lipinski definition) is 6. The summed E-state index contributed by atoms with van der Waals surface area (Å²) in [6.07, 6.45) is 6.15. The Kier molecular flexibility index (Phi) is 2.77. The van der Waals surface area contributed by atoms with Crippen LogP contribution in [0, 0.1) is 0 Å². The van der Waals surface area contributed by atoms with E-state index >= 15 is 0 Å². The van der Waals surface area contributed by atoms with Crippen LogP contribution in [0.15, 0.2) is 29.9 Å². The third kappa shape index (κ3) is 2.00. The lowest BCUT2D eigenvalue weighted by molar-refractivity contribution is 0.827. The monoisotopic (exact) mass is 286 g/mol. The van der Waals surface area contributed by atoms with Gasteiger partial charge in [-0.1, -0.05) is 0 Å². The Labute approximate surface area is 120 Å². The van der Waals surface area contributed by atoms with Gasteiger partial charge in [0.05, 0.1) is 0 Å². The van der Waals surface area contributed by atoms with Gasteiger partial charge in [0.2, 0.25) is 5.95 Å². The molecule has 0 amide bonds. The van der Waals surface area contributed by atoms with E-state index in [-0.39, 0.29) is 0 Å². The molecule has 0 radical (unpaired) electrons. The fourth-order valence-corrected chi connectivity index (χ4v) is 2.98. The van der Waals surface area contributed by atoms with E-state index in [2.05, 4.69) is 25.3 Å². The number of nitrogens with one attached hydrogen (secondary N) is 1. The van der Waals surface area contributed by atoms with E-state index in [9.17, 15) is 0 Å². The van der Waals surface area contributed by atoms with Crippen molar-refractivity contribution in [2.75, 3.05) is 23.3 Å². The standard InChI is InChI=1S/C13H14N6S/c1-2-7-18(6-1)12-15-11(16-13-14-5-9-20-13)10-4-3-8-19(10)17-12/h3-5,8-9H,1-2,6-7H2,(H,14,15,16,17). The molecule has 0 aromatic carbocycles. The second-order valence-corrected chi connectivity index (χ2v) is 5.65. The van der Waals surface area contributed by atoms with Crippen LogP contribution in [0.5, 0.6) is 0 Å². The zero-order valence-electron chi connectivity index (χ0n) is 10.9. The second kappa shape index (κ2) is 4.75. The van der Waals surface area contributed by atoms with Gasteiger partial charge in [-0.3, -0.25) is 0 Å². The molecule has 7 heteroatoms. The predicted molar refractivity (Wildman–Crippen MR) is 79.8 cm³/mol. The Bertz CT molecular complexity index is 714. The van der Waals surface area contributed by atoms with Crippen LogP contribution in [-0.4, -0.2) is 32.7 Å². The normalized spacial score (nSPS) is 15.1. The van der Waals surface area contributed by atoms with E-state index in [1.165, 1.54) is 12.8 Å². The smallest absolute Gasteiger partial charge is 0.245 e. The number of hydrogen-bond donors (Lipinski definition) is 1. The molecule has 6 nitrogen and oxygen atoms in total. The molecule has 1 saturated heterocycles. The summed E-state index contributed by atoms with van der Waals surface area (Å²) in [7, 11) is 0. The molecule has 0 atom stereocenters. The minimum atomic E-state index is 0.783. The molecule has 1 aliphatic rings. The number of aromatic nitrogens is 4. The molecule has 0 unspecified atom stereocenters. The van der Waals surface area contributed by atoms with E-state index in [0.717, 1.165) is 35.5 Å². The SMILES string of the molecule is c1cc2c(Nc3nccs3)nc(N3CCCC3)nn2c1. The van der Waals surface area contributed by atoms with Gasteiger partial charge in [0, 0.05) is 30.9 Å². The second-order valence-electron chi connectivity index (χ2n) is 4.75. The fourth-order valence-electron chi connectivity index (χ4n) is 2.45. The first-order valence-corrected chi connectivity index (χ1v) is 7.55. The van der Waals surface area contributed by atoms with Crippen LogP contribution in [0.2, 0.25) is 0 Å². The summed E-state index contributed by atoms with van der Waals surface area (Å²) >= 11 is 1.56. The minimum absolute atomic E-state index is 0.783. The summed E-state index contributed by atoms with van der Waals surface area (Å²) in [6, 6.07) is 3.98. The van der Waals surface area contributed by atoms with E-state index in [0.29, 0.717) is 0 Å². The fraction of sp³-hybridized carbons (Fsp3) is 0.308. The topological polar surface area (TPSA) is 58.4 Å². The van der Waals surface area contributed by atoms with Gasteiger partial charge in [-0.15, -0.1) is 16.4 Å². The molecular weight excluding hydrogens is 272 g/mol. The Balaban J connectivity index is 1.78. The van der Waals surface area contributed by atoms with Gasteiger partial charge >= 0.3 is 0 Å². The summed E-state index contributed by atoms with van der Waals surface area (Å²) in [5, 5.41) is 10.7. The molecule has 20 heavy (non-hydrogen) atoms. The molecular formula is C13H14N6S. The summed E-state index contributed by atoms with van der Waals surface area (Å²) in [5.41, 5.74) is 0.961. The van der Waals surface area contributed by atoms with Gasteiger partial charge in [0.15, 0.2) is 10.9 Å². The van der Waals surface area contributed by atoms with Gasteiger partial charge in [0.1, 0.15) is 5.52 Å². The first-order valence-electron chi connectivity index (χ1n) is 6.67. The van der Waals surface area contributed by atoms with Crippen molar-refractivity contribution in [3.63, 3.8) is 0 Å². The molecule has 1 fully saturated rings. The van der Waals surface area contributed by atoms with Crippen molar-refractivity contribution in [2.24, 2.45) is 0 Å². The van der Waals surface area contributed by atoms with Crippen molar-refractivity contribution in [1.82, 2.24) is 19.6 Å². The van der Waals surface area contributed by atoms with Gasteiger partial charge in [-0.05, 0) is 25.0 Å². The van der Waals surface area contributed by atoms with Crippen LogP contribution >= 0.6 is 11.3 Å². The molecule has 0 aliphatic carbocycles. The highest BCUT2D eigenvalue weighted by molar-refractivity contribution is 7.13. The summed E-state index contributed by atoms with van der Waals surface area (Å²) in [4.78, 5) is 11.2. The Hall–Kier alpha value is -2.15. The quantitative estimate of drug-likeness (QED) is 0.801. The number of thiazole rings is 1. The maximum absolute atomic E-state index is 4.68. The maximum atomic E-state index is 4.68. The lowest BCUT2D eigenvalue weighted by Gasteiger charge is -2.16. The van der Waals surface area contributed by atoms with Crippen LogP contribution in [0.1, 0.15) is 12.8 Å². The molecule has 0 saturated carbocycles. The third-order valence-corrected chi connectivity index (χ3v) is 4.11. The summed E-state index contributed by atoms with van der Waals surface area (Å²) < 4.78 is 1.87. The van der Waals surface area contributed by atoms with E-state index in [1.54, 1.807) is 17.5 Å². The molecule has 4 rings (SSSR count). The van der Waals surface area contributed by atoms with Crippen LogP contribution in [0.25, 0.3) is 5.52 Å². The Morgan fingerprint density at radius 1 is 1.25 bits per heavy atom. The first-order chi connectivity index (χ1) is 9.90. The van der Waals surface area contributed by atoms with Crippen molar-refractivity contribution in [2.45, 2.75) is 12.8 Å². The van der Waals surface area contributed by atoms with Crippen molar-refractivity contribution < 1.29 is 0 Å². The van der Waals surface area contributed by atoms with E-state index in [1.807, 2.05) is 28.2 Å². The van der Waals surface area contributed by atoms with Crippen LogP contribution in [0.3, 0.4) is 0 Å². The van der Waals surface area contributed by atoms with E-state index in [4.69, 9.17) is 0 Å². The van der Waals surface area contributed by atoms with Crippen LogP contribution in [0.4, 0.5) is 16.9 Å². The predicted octanol–water partition coefficient (Wildman–Crippen LogP) is 2.53. The zero-order chi connectivity index (χ0) is 13.4. The average Bonchev–Trinajstić information content (AvgIpc) is 3.21. The van der Waals surface area contributed by atoms with Gasteiger partial charge in [-0.2, -0.15) is 4.98 Å². The maximum Gasteiger partial charge on any atom is 0.245 e. The summed E-state index contributed by atoms with van der Waals surface area (Å²) in [6.45, 7) is 2.06. The molecule has 1 N–H and O–H groups in total. The highest BCUT2D eigenvalue weighted by Crippen LogP contribution is 2.24. The molecule has 3 aromatic heterocycles. The zero-order valence-corrected chi connectivity index (χ0v) is 11.7. The largest absolute Gasteiger partial charge is 0.340 e. The van der Waals surface area contributed by atoms with Gasteiger partial charge in [0.25, 0.3) is 0 Å². The van der Waals surface area contributed by atoms with Gasteiger partial charge < -0.3 is 10.2 Å². The summed E-state index contributed by atoms with van der Waals surface area (Å²) in [5.74, 6) is 1.59. The molecule has 4 heterocycles. The van der Waals surface area contributed by atoms with Crippen LogP contribution < -0.4 is 10.2 Å². The minimum Gasteiger partial charge on any atom is -0.340 e. The van der Waals surface area contributed by atoms with E-state index < -0.39 is 0 Å². The number of rotatable bonds is 3. The Morgan fingerprint density at radius 3 is 2.95 bits per heavy atom. The highest BCUT2D eigenvalue weighted by atomic mass is 32.1. The van der Waals surface area contributed by atoms with Gasteiger partial charge in [-0.25, -0.2) is 9.50 Å². The molecule has 3 aromatic rings. The molecule has 1 aliphatic heterocycles. The average molecular weight is 286 g/mol. The third-order valence-electron chi connectivity index (χ3n) is 3.43. The number of fused-ring (bicyclic) bond motifs is 1. The van der Waals surface area contributed by atoms with Crippen molar-refractivity contribution in [1.29, 1.82) is 0 Å². The van der Waals surface area contributed by atoms with Crippen molar-refractivity contribution >= 4 is 33.8 Å². The molecule has 0 bridgehead atoms. The lowest BCUT2D eigenvalue weighted by atomic mass is 10.4. The lowest BCUT2D eigenvalue weighted by Crippen LogP contribution is -2.22. The molecule has 0 spiro atoms. The molecule has 102 valence electrons. The highest BCUT2D eigenvalue weighted by Gasteiger charge is 2.17. The first kappa shape index (κ1) is 11.7. The Morgan fingerprint density at radius 2 is 2.15 bits per heavy atom. The van der Waals surface area contributed by atoms with Crippen molar-refractivity contribution in [3.8, 4) is 0 Å².